The molecule has 0 saturated heterocycles. The van der Waals surface area contributed by atoms with Gasteiger partial charge in [0.1, 0.15) is 6.61 Å². The van der Waals surface area contributed by atoms with Gasteiger partial charge in [-0.15, -0.1) is 0 Å². The highest BCUT2D eigenvalue weighted by Crippen LogP contribution is 2.36. The lowest BCUT2D eigenvalue weighted by atomic mass is 10.2. The lowest BCUT2D eigenvalue weighted by Gasteiger charge is -2.19. The first kappa shape index (κ1) is 16.3. The van der Waals surface area contributed by atoms with Crippen LogP contribution in [0, 0.1) is 0 Å². The smallest absolute Gasteiger partial charge is 0.250 e. The predicted molar refractivity (Wildman–Crippen MR) is 80.0 cm³/mol. The Bertz CT molecular complexity index is 472. The number of halogens is 2. The number of amides is 1. The van der Waals surface area contributed by atoms with Gasteiger partial charge in [0, 0.05) is 5.02 Å². The molecule has 1 N–H and O–H groups in total. The van der Waals surface area contributed by atoms with E-state index in [0.29, 0.717) is 20.9 Å². The van der Waals surface area contributed by atoms with Crippen molar-refractivity contribution < 1.29 is 14.3 Å². The van der Waals surface area contributed by atoms with Crippen molar-refractivity contribution in [3.8, 4) is 5.75 Å². The maximum atomic E-state index is 11.8. The first-order valence-corrected chi connectivity index (χ1v) is 6.87. The van der Waals surface area contributed by atoms with E-state index in [1.54, 1.807) is 12.1 Å². The molecule has 4 nitrogen and oxygen atoms in total. The van der Waals surface area contributed by atoms with E-state index < -0.39 is 0 Å². The summed E-state index contributed by atoms with van der Waals surface area (Å²) in [4.78, 5) is 11.8. The number of benzene rings is 1. The Morgan fingerprint density at radius 1 is 1.42 bits per heavy atom. The molecular weight excluding hydrogens is 334 g/mol. The molecule has 0 saturated carbocycles. The van der Waals surface area contributed by atoms with Gasteiger partial charge in [0.2, 0.25) is 0 Å². The molecule has 0 aliphatic rings. The lowest BCUT2D eigenvalue weighted by molar-refractivity contribution is -0.125. The molecule has 0 atom stereocenters. The maximum Gasteiger partial charge on any atom is 0.250 e. The van der Waals surface area contributed by atoms with Crippen molar-refractivity contribution in [2.24, 2.45) is 0 Å². The van der Waals surface area contributed by atoms with Crippen LogP contribution >= 0.6 is 27.5 Å². The van der Waals surface area contributed by atoms with Crippen LogP contribution in [0.1, 0.15) is 20.8 Å². The second kappa shape index (κ2) is 6.59. The summed E-state index contributed by atoms with van der Waals surface area (Å²) in [7, 11) is 1.52. The summed E-state index contributed by atoms with van der Waals surface area (Å²) < 4.78 is 11.3. The van der Waals surface area contributed by atoms with Gasteiger partial charge in [0.15, 0.2) is 5.75 Å². The van der Waals surface area contributed by atoms with Crippen molar-refractivity contribution in [2.75, 3.05) is 19.0 Å². The normalized spacial score (nSPS) is 11.3. The lowest BCUT2D eigenvalue weighted by Crippen LogP contribution is -2.27. The topological polar surface area (TPSA) is 47.6 Å². The number of nitrogens with one attached hydrogen (secondary N) is 1. The molecular formula is C13H17BrClNO3. The van der Waals surface area contributed by atoms with Crippen LogP contribution in [0.25, 0.3) is 0 Å². The van der Waals surface area contributed by atoms with E-state index in [0.717, 1.165) is 0 Å². The summed E-state index contributed by atoms with van der Waals surface area (Å²) in [6.45, 7) is 5.63. The second-order valence-electron chi connectivity index (χ2n) is 4.92. The van der Waals surface area contributed by atoms with Gasteiger partial charge in [-0.2, -0.15) is 0 Å². The third-order valence-electron chi connectivity index (χ3n) is 2.12. The SMILES string of the molecule is COc1c(Br)cc(Cl)cc1NC(=O)COC(C)(C)C. The average Bonchev–Trinajstić information content (AvgIpc) is 2.25. The van der Waals surface area contributed by atoms with Crippen molar-refractivity contribution >= 4 is 39.1 Å². The van der Waals surface area contributed by atoms with Crippen molar-refractivity contribution in [3.05, 3.63) is 21.6 Å². The third-order valence-corrected chi connectivity index (χ3v) is 2.93. The van der Waals surface area contributed by atoms with Gasteiger partial charge in [-0.05, 0) is 48.8 Å². The number of rotatable bonds is 4. The van der Waals surface area contributed by atoms with E-state index in [2.05, 4.69) is 21.2 Å². The van der Waals surface area contributed by atoms with E-state index in [9.17, 15) is 4.79 Å². The first-order chi connectivity index (χ1) is 8.73. The molecule has 0 fully saturated rings. The fourth-order valence-corrected chi connectivity index (χ4v) is 2.30. The monoisotopic (exact) mass is 349 g/mol. The molecule has 106 valence electrons. The molecule has 6 heteroatoms. The molecule has 1 aromatic carbocycles. The quantitative estimate of drug-likeness (QED) is 0.897. The van der Waals surface area contributed by atoms with Crippen LogP contribution < -0.4 is 10.1 Å². The summed E-state index contributed by atoms with van der Waals surface area (Å²) in [5, 5.41) is 3.21. The minimum Gasteiger partial charge on any atom is -0.493 e. The molecule has 0 bridgehead atoms. The van der Waals surface area contributed by atoms with Gasteiger partial charge in [-0.1, -0.05) is 11.6 Å². The fraction of sp³-hybridized carbons (Fsp3) is 0.462. The Morgan fingerprint density at radius 2 is 2.05 bits per heavy atom. The molecule has 0 spiro atoms. The molecule has 0 heterocycles. The van der Waals surface area contributed by atoms with E-state index in [1.807, 2.05) is 20.8 Å². The molecule has 0 aromatic heterocycles. The van der Waals surface area contributed by atoms with Crippen LogP contribution in [0.2, 0.25) is 5.02 Å². The van der Waals surface area contributed by atoms with Crippen LogP contribution in [-0.2, 0) is 9.53 Å². The van der Waals surface area contributed by atoms with Gasteiger partial charge in [-0.25, -0.2) is 0 Å². The van der Waals surface area contributed by atoms with Gasteiger partial charge in [-0.3, -0.25) is 4.79 Å². The zero-order chi connectivity index (χ0) is 14.6. The van der Waals surface area contributed by atoms with Crippen LogP contribution in [0.5, 0.6) is 5.75 Å². The number of ether oxygens (including phenoxy) is 2. The summed E-state index contributed by atoms with van der Waals surface area (Å²) in [5.74, 6) is 0.260. The van der Waals surface area contributed by atoms with E-state index in [1.165, 1.54) is 7.11 Å². The van der Waals surface area contributed by atoms with Gasteiger partial charge < -0.3 is 14.8 Å². The Morgan fingerprint density at radius 3 is 2.58 bits per heavy atom. The molecule has 0 aliphatic heterocycles. The average molecular weight is 351 g/mol. The fourth-order valence-electron chi connectivity index (χ4n) is 1.33. The minimum atomic E-state index is -0.365. The molecule has 1 amide bonds. The Hall–Kier alpha value is -0.780. The second-order valence-corrected chi connectivity index (χ2v) is 6.21. The van der Waals surface area contributed by atoms with Crippen molar-refractivity contribution in [1.29, 1.82) is 0 Å². The maximum absolute atomic E-state index is 11.8. The number of methoxy groups -OCH3 is 1. The molecule has 0 unspecified atom stereocenters. The first-order valence-electron chi connectivity index (χ1n) is 5.70. The van der Waals surface area contributed by atoms with Crippen LogP contribution in [0.4, 0.5) is 5.69 Å². The minimum absolute atomic E-state index is 0.0310. The Balaban J connectivity index is 2.79. The van der Waals surface area contributed by atoms with Crippen molar-refractivity contribution in [2.45, 2.75) is 26.4 Å². The zero-order valence-electron chi connectivity index (χ0n) is 11.3. The van der Waals surface area contributed by atoms with Crippen LogP contribution in [0.15, 0.2) is 16.6 Å². The van der Waals surface area contributed by atoms with E-state index in [4.69, 9.17) is 21.1 Å². The number of hydrogen-bond acceptors (Lipinski definition) is 3. The molecule has 0 radical (unpaired) electrons. The molecule has 1 rings (SSSR count). The highest BCUT2D eigenvalue weighted by molar-refractivity contribution is 9.10. The van der Waals surface area contributed by atoms with Gasteiger partial charge in [0.05, 0.1) is 22.9 Å². The predicted octanol–water partition coefficient (Wildman–Crippen LogP) is 3.86. The number of carbonyl (C=O) groups is 1. The Kier molecular flexibility index (Phi) is 5.64. The molecule has 0 aliphatic carbocycles. The number of carbonyl (C=O) groups excluding carboxylic acids is 1. The van der Waals surface area contributed by atoms with Gasteiger partial charge in [0.25, 0.3) is 5.91 Å². The van der Waals surface area contributed by atoms with Crippen molar-refractivity contribution in [3.63, 3.8) is 0 Å². The number of hydrogen-bond donors (Lipinski definition) is 1. The highest BCUT2D eigenvalue weighted by Gasteiger charge is 2.15. The van der Waals surface area contributed by atoms with Crippen LogP contribution in [-0.4, -0.2) is 25.2 Å². The largest absolute Gasteiger partial charge is 0.493 e. The third kappa shape index (κ3) is 5.38. The number of anilines is 1. The zero-order valence-corrected chi connectivity index (χ0v) is 13.7. The standard InChI is InChI=1S/C13H17BrClNO3/c1-13(2,3)19-7-11(17)16-10-6-8(15)5-9(14)12(10)18-4/h5-6H,7H2,1-4H3,(H,16,17). The van der Waals surface area contributed by atoms with E-state index >= 15 is 0 Å². The summed E-state index contributed by atoms with van der Waals surface area (Å²) in [5.41, 5.74) is 0.139. The molecule has 1 aromatic rings. The van der Waals surface area contributed by atoms with Crippen molar-refractivity contribution in [1.82, 2.24) is 0 Å². The summed E-state index contributed by atoms with van der Waals surface area (Å²) in [6, 6.07) is 3.32. The van der Waals surface area contributed by atoms with E-state index in [-0.39, 0.29) is 18.1 Å². The summed E-state index contributed by atoms with van der Waals surface area (Å²) >= 11 is 9.27. The Labute approximate surface area is 126 Å². The molecule has 19 heavy (non-hydrogen) atoms. The highest BCUT2D eigenvalue weighted by atomic mass is 79.9. The van der Waals surface area contributed by atoms with Gasteiger partial charge >= 0.3 is 0 Å². The van der Waals surface area contributed by atoms with Crippen LogP contribution in [0.3, 0.4) is 0 Å². The summed E-state index contributed by atoms with van der Waals surface area (Å²) in [6.07, 6.45) is 0.